The zero-order chi connectivity index (χ0) is 10.1. The van der Waals surface area contributed by atoms with Gasteiger partial charge in [0.05, 0.1) is 0 Å². The van der Waals surface area contributed by atoms with Gasteiger partial charge in [0.25, 0.3) is 0 Å². The van der Waals surface area contributed by atoms with Crippen molar-refractivity contribution in [2.24, 2.45) is 23.7 Å². The predicted octanol–water partition coefficient (Wildman–Crippen LogP) is 1.85. The number of aldehydes is 1. The molecule has 0 aromatic rings. The number of rotatable bonds is 2. The second-order valence-corrected chi connectivity index (χ2v) is 5.30. The van der Waals surface area contributed by atoms with E-state index in [4.69, 9.17) is 0 Å². The molecular formula is C12H21NO. The smallest absolute Gasteiger partial charge is 0.124 e. The van der Waals surface area contributed by atoms with Crippen LogP contribution in [0.5, 0.6) is 0 Å². The molecule has 2 heteroatoms. The number of fused-ring (bicyclic) bond motifs is 1. The molecule has 2 nitrogen and oxygen atoms in total. The Morgan fingerprint density at radius 1 is 1.36 bits per heavy atom. The molecule has 0 radical (unpaired) electrons. The van der Waals surface area contributed by atoms with Crippen LogP contribution in [0.1, 0.15) is 33.1 Å². The average molecular weight is 195 g/mol. The van der Waals surface area contributed by atoms with Crippen LogP contribution in [0.25, 0.3) is 0 Å². The summed E-state index contributed by atoms with van der Waals surface area (Å²) in [5.41, 5.74) is 0. The molecule has 4 unspecified atom stereocenters. The molecule has 1 aliphatic carbocycles. The quantitative estimate of drug-likeness (QED) is 0.681. The molecule has 2 aliphatic rings. The lowest BCUT2D eigenvalue weighted by Gasteiger charge is -2.34. The highest BCUT2D eigenvalue weighted by Gasteiger charge is 2.40. The van der Waals surface area contributed by atoms with Gasteiger partial charge in [0.1, 0.15) is 6.29 Å². The third kappa shape index (κ3) is 1.72. The van der Waals surface area contributed by atoms with Gasteiger partial charge < -0.3 is 10.1 Å². The minimum absolute atomic E-state index is 0.299. The third-order valence-electron chi connectivity index (χ3n) is 4.23. The summed E-state index contributed by atoms with van der Waals surface area (Å²) in [5.74, 6) is 2.61. The molecule has 0 bridgehead atoms. The van der Waals surface area contributed by atoms with E-state index in [0.29, 0.717) is 17.9 Å². The van der Waals surface area contributed by atoms with E-state index in [0.717, 1.165) is 24.7 Å². The van der Waals surface area contributed by atoms with Crippen molar-refractivity contribution < 1.29 is 4.79 Å². The Labute approximate surface area is 86.5 Å². The summed E-state index contributed by atoms with van der Waals surface area (Å²) in [7, 11) is 0. The van der Waals surface area contributed by atoms with Gasteiger partial charge in [-0.25, -0.2) is 0 Å². The van der Waals surface area contributed by atoms with E-state index in [-0.39, 0.29) is 0 Å². The van der Waals surface area contributed by atoms with Gasteiger partial charge in [0.2, 0.25) is 0 Å². The van der Waals surface area contributed by atoms with Crippen molar-refractivity contribution in [3.05, 3.63) is 0 Å². The second-order valence-electron chi connectivity index (χ2n) is 5.30. The molecule has 0 aromatic heterocycles. The van der Waals surface area contributed by atoms with Crippen LogP contribution >= 0.6 is 0 Å². The molecule has 80 valence electrons. The highest BCUT2D eigenvalue weighted by Crippen LogP contribution is 2.39. The molecule has 2 rings (SSSR count). The van der Waals surface area contributed by atoms with E-state index in [9.17, 15) is 4.79 Å². The Hall–Kier alpha value is -0.370. The normalized spacial score (nSPS) is 42.5. The lowest BCUT2D eigenvalue weighted by atomic mass is 9.72. The van der Waals surface area contributed by atoms with Crippen molar-refractivity contribution in [2.75, 3.05) is 6.54 Å². The standard InChI is InChI=1S/C12H21NO/c1-8(2)9-3-4-11-10(7-14)6-13-12(11)5-9/h7-13H,3-6H2,1-2H3. The average Bonchev–Trinajstić information content (AvgIpc) is 2.59. The number of nitrogens with one attached hydrogen (secondary N) is 1. The van der Waals surface area contributed by atoms with Gasteiger partial charge in [0, 0.05) is 18.5 Å². The summed E-state index contributed by atoms with van der Waals surface area (Å²) in [6, 6.07) is 0.631. The van der Waals surface area contributed by atoms with Gasteiger partial charge in [-0.05, 0) is 37.0 Å². The molecule has 0 spiro atoms. The Kier molecular flexibility index (Phi) is 2.91. The Morgan fingerprint density at radius 3 is 2.79 bits per heavy atom. The van der Waals surface area contributed by atoms with E-state index < -0.39 is 0 Å². The van der Waals surface area contributed by atoms with Crippen molar-refractivity contribution >= 4 is 6.29 Å². The summed E-state index contributed by atoms with van der Waals surface area (Å²) < 4.78 is 0. The number of carbonyl (C=O) groups excluding carboxylic acids is 1. The van der Waals surface area contributed by atoms with Crippen molar-refractivity contribution in [2.45, 2.75) is 39.2 Å². The SMILES string of the molecule is CC(C)C1CCC2C(C=O)CNC2C1. The Bertz CT molecular complexity index is 214. The van der Waals surface area contributed by atoms with E-state index in [1.165, 1.54) is 19.3 Å². The molecule has 1 N–H and O–H groups in total. The van der Waals surface area contributed by atoms with E-state index in [1.807, 2.05) is 0 Å². The van der Waals surface area contributed by atoms with Crippen LogP contribution < -0.4 is 5.32 Å². The summed E-state index contributed by atoms with van der Waals surface area (Å²) in [6.07, 6.45) is 5.02. The lowest BCUT2D eigenvalue weighted by Crippen LogP contribution is -2.35. The van der Waals surface area contributed by atoms with Gasteiger partial charge in [-0.15, -0.1) is 0 Å². The largest absolute Gasteiger partial charge is 0.313 e. The van der Waals surface area contributed by atoms with Gasteiger partial charge in [-0.2, -0.15) is 0 Å². The number of carbonyl (C=O) groups is 1. The maximum Gasteiger partial charge on any atom is 0.124 e. The fraction of sp³-hybridized carbons (Fsp3) is 0.917. The third-order valence-corrected chi connectivity index (χ3v) is 4.23. The van der Waals surface area contributed by atoms with Crippen molar-refractivity contribution in [1.29, 1.82) is 0 Å². The first-order valence-electron chi connectivity index (χ1n) is 5.91. The summed E-state index contributed by atoms with van der Waals surface area (Å²) in [5, 5.41) is 3.51. The highest BCUT2D eigenvalue weighted by molar-refractivity contribution is 5.55. The molecule has 0 aromatic carbocycles. The lowest BCUT2D eigenvalue weighted by molar-refractivity contribution is -0.112. The zero-order valence-corrected chi connectivity index (χ0v) is 9.20. The van der Waals surface area contributed by atoms with E-state index >= 15 is 0 Å². The van der Waals surface area contributed by atoms with Gasteiger partial charge >= 0.3 is 0 Å². The van der Waals surface area contributed by atoms with Crippen molar-refractivity contribution in [1.82, 2.24) is 5.32 Å². The molecule has 1 saturated heterocycles. The topological polar surface area (TPSA) is 29.1 Å². The fourth-order valence-corrected chi connectivity index (χ4v) is 3.17. The van der Waals surface area contributed by atoms with E-state index in [2.05, 4.69) is 19.2 Å². The first-order chi connectivity index (χ1) is 6.72. The monoisotopic (exact) mass is 195 g/mol. The maximum atomic E-state index is 10.8. The molecular weight excluding hydrogens is 174 g/mol. The van der Waals surface area contributed by atoms with Crippen LogP contribution in [-0.4, -0.2) is 18.9 Å². The Balaban J connectivity index is 1.97. The van der Waals surface area contributed by atoms with E-state index in [1.54, 1.807) is 0 Å². The number of hydrogen-bond donors (Lipinski definition) is 1. The van der Waals surface area contributed by atoms with Gasteiger partial charge in [0.15, 0.2) is 0 Å². The first kappa shape index (κ1) is 10.2. The van der Waals surface area contributed by atoms with Crippen LogP contribution in [0.4, 0.5) is 0 Å². The van der Waals surface area contributed by atoms with Crippen LogP contribution in [0.3, 0.4) is 0 Å². The molecule has 0 amide bonds. The molecule has 1 aliphatic heterocycles. The first-order valence-corrected chi connectivity index (χ1v) is 5.91. The van der Waals surface area contributed by atoms with Crippen LogP contribution in [0.2, 0.25) is 0 Å². The molecule has 4 atom stereocenters. The summed E-state index contributed by atoms with van der Waals surface area (Å²) >= 11 is 0. The van der Waals surface area contributed by atoms with Crippen LogP contribution in [0.15, 0.2) is 0 Å². The zero-order valence-electron chi connectivity index (χ0n) is 9.20. The second kappa shape index (κ2) is 4.01. The minimum Gasteiger partial charge on any atom is -0.313 e. The van der Waals surface area contributed by atoms with Crippen molar-refractivity contribution in [3.63, 3.8) is 0 Å². The maximum absolute atomic E-state index is 10.8. The highest BCUT2D eigenvalue weighted by atomic mass is 16.1. The minimum atomic E-state index is 0.299. The predicted molar refractivity (Wildman–Crippen MR) is 57.0 cm³/mol. The molecule has 14 heavy (non-hydrogen) atoms. The molecule has 1 saturated carbocycles. The van der Waals surface area contributed by atoms with Gasteiger partial charge in [-0.3, -0.25) is 0 Å². The van der Waals surface area contributed by atoms with Crippen molar-refractivity contribution in [3.8, 4) is 0 Å². The fourth-order valence-electron chi connectivity index (χ4n) is 3.17. The summed E-state index contributed by atoms with van der Waals surface area (Å²) in [6.45, 7) is 5.55. The summed E-state index contributed by atoms with van der Waals surface area (Å²) in [4.78, 5) is 10.8. The van der Waals surface area contributed by atoms with Crippen LogP contribution in [0, 0.1) is 23.7 Å². The molecule has 2 fully saturated rings. The Morgan fingerprint density at radius 2 is 2.14 bits per heavy atom. The molecule has 1 heterocycles. The van der Waals surface area contributed by atoms with Gasteiger partial charge in [-0.1, -0.05) is 13.8 Å². The number of hydrogen-bond acceptors (Lipinski definition) is 2. The van der Waals surface area contributed by atoms with Crippen LogP contribution in [-0.2, 0) is 4.79 Å².